The predicted molar refractivity (Wildman–Crippen MR) is 87.8 cm³/mol. The molecule has 3 heteroatoms. The summed E-state index contributed by atoms with van der Waals surface area (Å²) in [6.45, 7) is 4.63. The number of aliphatic hydroxyl groups excluding tert-OH is 1. The van der Waals surface area contributed by atoms with Crippen molar-refractivity contribution in [1.29, 1.82) is 0 Å². The zero-order valence-electron chi connectivity index (χ0n) is 12.6. The smallest absolute Gasteiger partial charge is 0.0917 e. The maximum absolute atomic E-state index is 10.4. The number of nitrogens with zero attached hydrogens (tertiary/aromatic N) is 1. The molecule has 2 aromatic rings. The monoisotopic (exact) mass is 284 g/mol. The van der Waals surface area contributed by atoms with Gasteiger partial charge in [-0.3, -0.25) is 4.90 Å². The number of benzene rings is 2. The van der Waals surface area contributed by atoms with Crippen molar-refractivity contribution in [2.45, 2.75) is 26.0 Å². The summed E-state index contributed by atoms with van der Waals surface area (Å²) in [7, 11) is 0. The van der Waals surface area contributed by atoms with E-state index in [1.54, 1.807) is 0 Å². The molecular formula is C18H24N2O. The summed E-state index contributed by atoms with van der Waals surface area (Å²) in [4.78, 5) is 2.29. The lowest BCUT2D eigenvalue weighted by Gasteiger charge is -2.25. The van der Waals surface area contributed by atoms with Gasteiger partial charge in [-0.1, -0.05) is 49.4 Å². The fourth-order valence-electron chi connectivity index (χ4n) is 2.46. The third-order valence-electron chi connectivity index (χ3n) is 3.54. The third kappa shape index (κ3) is 4.88. The molecule has 0 aromatic heterocycles. The van der Waals surface area contributed by atoms with E-state index in [1.165, 1.54) is 5.56 Å². The maximum Gasteiger partial charge on any atom is 0.0917 e. The van der Waals surface area contributed by atoms with E-state index in [1.807, 2.05) is 30.3 Å². The van der Waals surface area contributed by atoms with Crippen LogP contribution >= 0.6 is 0 Å². The molecule has 0 aliphatic carbocycles. The van der Waals surface area contributed by atoms with Gasteiger partial charge in [0.15, 0.2) is 0 Å². The van der Waals surface area contributed by atoms with Crippen LogP contribution in [0.1, 0.15) is 30.6 Å². The molecule has 2 aromatic carbocycles. The molecule has 0 aliphatic heterocycles. The molecule has 0 saturated heterocycles. The second kappa shape index (κ2) is 7.81. The zero-order chi connectivity index (χ0) is 15.1. The molecule has 0 amide bonds. The van der Waals surface area contributed by atoms with E-state index in [4.69, 9.17) is 5.73 Å². The van der Waals surface area contributed by atoms with E-state index in [0.717, 1.165) is 30.8 Å². The van der Waals surface area contributed by atoms with Gasteiger partial charge in [0, 0.05) is 18.8 Å². The highest BCUT2D eigenvalue weighted by atomic mass is 16.3. The summed E-state index contributed by atoms with van der Waals surface area (Å²) in [5, 5.41) is 10.4. The Morgan fingerprint density at radius 1 is 1.05 bits per heavy atom. The van der Waals surface area contributed by atoms with E-state index in [9.17, 15) is 5.11 Å². The fraction of sp³-hybridized carbons (Fsp3) is 0.333. The van der Waals surface area contributed by atoms with E-state index >= 15 is 0 Å². The molecule has 0 aliphatic rings. The van der Waals surface area contributed by atoms with Crippen molar-refractivity contribution in [1.82, 2.24) is 4.90 Å². The predicted octanol–water partition coefficient (Wildman–Crippen LogP) is 3.21. The standard InChI is InChI=1S/C18H24N2O/c1-2-12-20(13-15-6-4-3-5-7-15)14-18(21)16-8-10-17(19)11-9-16/h3-11,18,21H,2,12-14,19H2,1H3. The molecule has 3 N–H and O–H groups in total. The van der Waals surface area contributed by atoms with Gasteiger partial charge in [-0.2, -0.15) is 0 Å². The summed E-state index contributed by atoms with van der Waals surface area (Å²) in [5.41, 5.74) is 8.60. The van der Waals surface area contributed by atoms with E-state index < -0.39 is 6.10 Å². The fourth-order valence-corrected chi connectivity index (χ4v) is 2.46. The Hall–Kier alpha value is -1.84. The molecule has 0 heterocycles. The molecule has 21 heavy (non-hydrogen) atoms. The number of hydrogen-bond donors (Lipinski definition) is 2. The van der Waals surface area contributed by atoms with Crippen molar-refractivity contribution in [3.05, 3.63) is 65.7 Å². The highest BCUT2D eigenvalue weighted by Crippen LogP contribution is 2.17. The van der Waals surface area contributed by atoms with Crippen LogP contribution in [0.3, 0.4) is 0 Å². The van der Waals surface area contributed by atoms with Crippen molar-refractivity contribution >= 4 is 5.69 Å². The van der Waals surface area contributed by atoms with Crippen LogP contribution in [-0.4, -0.2) is 23.1 Å². The van der Waals surface area contributed by atoms with Gasteiger partial charge in [0.1, 0.15) is 0 Å². The Labute approximate surface area is 127 Å². The molecule has 0 radical (unpaired) electrons. The Morgan fingerprint density at radius 3 is 2.33 bits per heavy atom. The number of nitrogens with two attached hydrogens (primary N) is 1. The van der Waals surface area contributed by atoms with Crippen molar-refractivity contribution in [3.8, 4) is 0 Å². The molecule has 0 saturated carbocycles. The van der Waals surface area contributed by atoms with E-state index in [-0.39, 0.29) is 0 Å². The van der Waals surface area contributed by atoms with Gasteiger partial charge in [-0.15, -0.1) is 0 Å². The minimum Gasteiger partial charge on any atom is -0.399 e. The average Bonchev–Trinajstić information content (AvgIpc) is 2.49. The van der Waals surface area contributed by atoms with Crippen molar-refractivity contribution in [2.24, 2.45) is 0 Å². The Kier molecular flexibility index (Phi) is 5.78. The molecular weight excluding hydrogens is 260 g/mol. The highest BCUT2D eigenvalue weighted by Gasteiger charge is 2.13. The summed E-state index contributed by atoms with van der Waals surface area (Å²) < 4.78 is 0. The highest BCUT2D eigenvalue weighted by molar-refractivity contribution is 5.39. The molecule has 2 rings (SSSR count). The van der Waals surface area contributed by atoms with Crippen LogP contribution < -0.4 is 5.73 Å². The minimum absolute atomic E-state index is 0.485. The van der Waals surface area contributed by atoms with Crippen LogP contribution in [0.15, 0.2) is 54.6 Å². The number of anilines is 1. The van der Waals surface area contributed by atoms with Crippen LogP contribution in [0.2, 0.25) is 0 Å². The number of hydrogen-bond acceptors (Lipinski definition) is 3. The lowest BCUT2D eigenvalue weighted by atomic mass is 10.1. The summed E-state index contributed by atoms with van der Waals surface area (Å²) in [6.07, 6.45) is 0.585. The van der Waals surface area contributed by atoms with Crippen LogP contribution in [0.5, 0.6) is 0 Å². The summed E-state index contributed by atoms with van der Waals surface area (Å²) in [6, 6.07) is 17.8. The second-order valence-corrected chi connectivity index (χ2v) is 5.40. The summed E-state index contributed by atoms with van der Waals surface area (Å²) in [5.74, 6) is 0. The lowest BCUT2D eigenvalue weighted by Crippen LogP contribution is -2.29. The number of aliphatic hydroxyl groups is 1. The molecule has 3 nitrogen and oxygen atoms in total. The third-order valence-corrected chi connectivity index (χ3v) is 3.54. The topological polar surface area (TPSA) is 49.5 Å². The molecule has 1 atom stereocenters. The lowest BCUT2D eigenvalue weighted by molar-refractivity contribution is 0.109. The van der Waals surface area contributed by atoms with Gasteiger partial charge < -0.3 is 10.8 Å². The first-order valence-corrected chi connectivity index (χ1v) is 7.49. The molecule has 0 spiro atoms. The van der Waals surface area contributed by atoms with Crippen molar-refractivity contribution in [3.63, 3.8) is 0 Å². The SMILES string of the molecule is CCCN(Cc1ccccc1)CC(O)c1ccc(N)cc1. The Balaban J connectivity index is 2.00. The van der Waals surface area contributed by atoms with Gasteiger partial charge in [0.05, 0.1) is 6.10 Å². The summed E-state index contributed by atoms with van der Waals surface area (Å²) >= 11 is 0. The minimum atomic E-state index is -0.485. The quantitative estimate of drug-likeness (QED) is 0.768. The second-order valence-electron chi connectivity index (χ2n) is 5.40. The van der Waals surface area contributed by atoms with Gasteiger partial charge >= 0.3 is 0 Å². The van der Waals surface area contributed by atoms with Crippen molar-refractivity contribution < 1.29 is 5.11 Å². The van der Waals surface area contributed by atoms with Gasteiger partial charge in [0.25, 0.3) is 0 Å². The first-order valence-electron chi connectivity index (χ1n) is 7.49. The first-order chi connectivity index (χ1) is 10.2. The zero-order valence-corrected chi connectivity index (χ0v) is 12.6. The largest absolute Gasteiger partial charge is 0.399 e. The number of nitrogen functional groups attached to an aromatic ring is 1. The van der Waals surface area contributed by atoms with Crippen molar-refractivity contribution in [2.75, 3.05) is 18.8 Å². The molecule has 112 valence electrons. The first kappa shape index (κ1) is 15.5. The van der Waals surface area contributed by atoms with E-state index in [0.29, 0.717) is 6.54 Å². The normalized spacial score (nSPS) is 12.5. The molecule has 0 fully saturated rings. The van der Waals surface area contributed by atoms with Gasteiger partial charge in [-0.05, 0) is 36.2 Å². The van der Waals surface area contributed by atoms with Gasteiger partial charge in [0.2, 0.25) is 0 Å². The van der Waals surface area contributed by atoms with Crippen LogP contribution in [0.25, 0.3) is 0 Å². The Bertz CT molecular complexity index is 525. The van der Waals surface area contributed by atoms with Crippen LogP contribution in [0, 0.1) is 0 Å². The van der Waals surface area contributed by atoms with Crippen LogP contribution in [0.4, 0.5) is 5.69 Å². The van der Waals surface area contributed by atoms with Crippen LogP contribution in [-0.2, 0) is 6.54 Å². The van der Waals surface area contributed by atoms with E-state index in [2.05, 4.69) is 36.1 Å². The number of rotatable bonds is 7. The average molecular weight is 284 g/mol. The van der Waals surface area contributed by atoms with Gasteiger partial charge in [-0.25, -0.2) is 0 Å². The maximum atomic E-state index is 10.4. The molecule has 1 unspecified atom stereocenters. The molecule has 0 bridgehead atoms. The Morgan fingerprint density at radius 2 is 1.71 bits per heavy atom.